The van der Waals surface area contributed by atoms with Gasteiger partial charge in [-0.15, -0.1) is 0 Å². The first-order valence-corrected chi connectivity index (χ1v) is 5.88. The van der Waals surface area contributed by atoms with Crippen LogP contribution in [-0.4, -0.2) is 14.9 Å². The zero-order chi connectivity index (χ0) is 12.7. The first kappa shape index (κ1) is 10.8. The van der Waals surface area contributed by atoms with Gasteiger partial charge in [0.25, 0.3) is 0 Å². The lowest BCUT2D eigenvalue weighted by molar-refractivity contribution is 0.471. The van der Waals surface area contributed by atoms with Crippen LogP contribution < -0.4 is 0 Å². The summed E-state index contributed by atoms with van der Waals surface area (Å²) in [4.78, 5) is 0. The summed E-state index contributed by atoms with van der Waals surface area (Å²) in [6, 6.07) is 11.7. The number of aryl methyl sites for hydroxylation is 1. The smallest absolute Gasteiger partial charge is 0.119 e. The van der Waals surface area contributed by atoms with Crippen LogP contribution in [0, 0.1) is 6.92 Å². The van der Waals surface area contributed by atoms with E-state index in [0.29, 0.717) is 5.75 Å². The second-order valence-electron chi connectivity index (χ2n) is 4.49. The molecule has 0 aliphatic carbocycles. The Morgan fingerprint density at radius 1 is 1.06 bits per heavy atom. The van der Waals surface area contributed by atoms with E-state index in [9.17, 15) is 5.11 Å². The van der Waals surface area contributed by atoms with Crippen molar-refractivity contribution in [2.24, 2.45) is 7.05 Å². The van der Waals surface area contributed by atoms with Gasteiger partial charge in [0.1, 0.15) is 5.75 Å². The second-order valence-corrected chi connectivity index (χ2v) is 4.49. The van der Waals surface area contributed by atoms with E-state index in [-0.39, 0.29) is 0 Å². The van der Waals surface area contributed by atoms with Gasteiger partial charge in [-0.2, -0.15) is 5.10 Å². The fraction of sp³-hybridized carbons (Fsp3) is 0.133. The van der Waals surface area contributed by atoms with E-state index in [2.05, 4.69) is 11.2 Å². The van der Waals surface area contributed by atoms with Crippen LogP contribution in [-0.2, 0) is 7.05 Å². The van der Waals surface area contributed by atoms with Crippen molar-refractivity contribution in [2.75, 3.05) is 0 Å². The number of rotatable bonds is 1. The lowest BCUT2D eigenvalue weighted by Crippen LogP contribution is -1.84. The number of fused-ring (bicyclic) bond motifs is 1. The summed E-state index contributed by atoms with van der Waals surface area (Å²) in [5.41, 5.74) is 4.02. The van der Waals surface area contributed by atoms with Crippen LogP contribution in [0.25, 0.3) is 22.0 Å². The zero-order valence-electron chi connectivity index (χ0n) is 10.4. The molecule has 0 amide bonds. The minimum absolute atomic E-state index is 0.327. The number of phenols is 1. The molecule has 0 saturated carbocycles. The van der Waals surface area contributed by atoms with Crippen molar-refractivity contribution in [3.8, 4) is 16.9 Å². The maximum absolute atomic E-state index is 9.82. The van der Waals surface area contributed by atoms with Crippen LogP contribution in [0.2, 0.25) is 0 Å². The molecule has 0 aliphatic heterocycles. The monoisotopic (exact) mass is 238 g/mol. The Hall–Kier alpha value is -2.29. The molecule has 3 aromatic rings. The van der Waals surface area contributed by atoms with Gasteiger partial charge in [-0.25, -0.2) is 0 Å². The van der Waals surface area contributed by atoms with Crippen molar-refractivity contribution >= 4 is 10.9 Å². The number of aromatic hydroxyl groups is 1. The van der Waals surface area contributed by atoms with Crippen LogP contribution in [0.5, 0.6) is 5.75 Å². The Bertz CT molecular complexity index is 728. The molecule has 1 heterocycles. The van der Waals surface area contributed by atoms with E-state index in [1.165, 1.54) is 0 Å². The lowest BCUT2D eigenvalue weighted by Gasteiger charge is -2.08. The minimum Gasteiger partial charge on any atom is -0.508 e. The average Bonchev–Trinajstić information content (AvgIpc) is 2.73. The van der Waals surface area contributed by atoms with Gasteiger partial charge in [-0.05, 0) is 35.7 Å². The minimum atomic E-state index is 0.327. The third-order valence-corrected chi connectivity index (χ3v) is 3.26. The Morgan fingerprint density at radius 3 is 2.61 bits per heavy atom. The van der Waals surface area contributed by atoms with Gasteiger partial charge in [0.2, 0.25) is 0 Å². The largest absolute Gasteiger partial charge is 0.508 e. The second kappa shape index (κ2) is 3.88. The quantitative estimate of drug-likeness (QED) is 0.706. The van der Waals surface area contributed by atoms with E-state index in [1.54, 1.807) is 6.07 Å². The van der Waals surface area contributed by atoms with Gasteiger partial charge in [0.05, 0.1) is 5.52 Å². The van der Waals surface area contributed by atoms with E-state index in [1.807, 2.05) is 49.1 Å². The highest BCUT2D eigenvalue weighted by Gasteiger charge is 2.10. The number of aromatic nitrogens is 2. The van der Waals surface area contributed by atoms with Crippen molar-refractivity contribution in [3.63, 3.8) is 0 Å². The third-order valence-electron chi connectivity index (χ3n) is 3.26. The molecule has 0 saturated heterocycles. The van der Waals surface area contributed by atoms with E-state index in [0.717, 1.165) is 27.6 Å². The summed E-state index contributed by atoms with van der Waals surface area (Å²) in [6.07, 6.45) is 2.01. The Labute approximate surface area is 105 Å². The van der Waals surface area contributed by atoms with E-state index in [4.69, 9.17) is 0 Å². The molecule has 0 radical (unpaired) electrons. The highest BCUT2D eigenvalue weighted by Crippen LogP contribution is 2.33. The molecule has 3 rings (SSSR count). The molecule has 18 heavy (non-hydrogen) atoms. The number of hydrogen-bond acceptors (Lipinski definition) is 2. The standard InChI is InChI=1S/C15H14N2O/c1-10-11(5-4-8-15(10)18)12-6-3-7-14-13(12)9-17(2)16-14/h3-9,18H,1-2H3. The first-order valence-electron chi connectivity index (χ1n) is 5.88. The lowest BCUT2D eigenvalue weighted by atomic mass is 9.97. The topological polar surface area (TPSA) is 38.1 Å². The highest BCUT2D eigenvalue weighted by molar-refractivity contribution is 5.95. The zero-order valence-corrected chi connectivity index (χ0v) is 10.4. The molecular weight excluding hydrogens is 224 g/mol. The van der Waals surface area contributed by atoms with Crippen molar-refractivity contribution in [1.29, 1.82) is 0 Å². The van der Waals surface area contributed by atoms with Crippen LogP contribution in [0.1, 0.15) is 5.56 Å². The number of nitrogens with zero attached hydrogens (tertiary/aromatic N) is 2. The van der Waals surface area contributed by atoms with E-state index >= 15 is 0 Å². The van der Waals surface area contributed by atoms with Crippen molar-refractivity contribution < 1.29 is 5.11 Å². The maximum Gasteiger partial charge on any atom is 0.119 e. The Morgan fingerprint density at radius 2 is 1.78 bits per heavy atom. The number of benzene rings is 2. The average molecular weight is 238 g/mol. The van der Waals surface area contributed by atoms with Gasteiger partial charge in [0, 0.05) is 18.6 Å². The molecule has 1 aromatic heterocycles. The van der Waals surface area contributed by atoms with Gasteiger partial charge < -0.3 is 5.11 Å². The Kier molecular flexibility index (Phi) is 2.33. The SMILES string of the molecule is Cc1c(O)cccc1-c1cccc2nn(C)cc12. The van der Waals surface area contributed by atoms with Gasteiger partial charge in [-0.3, -0.25) is 4.68 Å². The highest BCUT2D eigenvalue weighted by atomic mass is 16.3. The summed E-state index contributed by atoms with van der Waals surface area (Å²) >= 11 is 0. The first-order chi connectivity index (χ1) is 8.66. The number of phenolic OH excluding ortho intramolecular Hbond substituents is 1. The molecular formula is C15H14N2O. The molecule has 0 spiro atoms. The van der Waals surface area contributed by atoms with Gasteiger partial charge in [-0.1, -0.05) is 24.3 Å². The predicted molar refractivity (Wildman–Crippen MR) is 72.6 cm³/mol. The van der Waals surface area contributed by atoms with Crippen LogP contribution in [0.3, 0.4) is 0 Å². The van der Waals surface area contributed by atoms with Crippen molar-refractivity contribution in [2.45, 2.75) is 6.92 Å². The summed E-state index contributed by atoms with van der Waals surface area (Å²) < 4.78 is 1.81. The van der Waals surface area contributed by atoms with Crippen LogP contribution in [0.15, 0.2) is 42.6 Å². The Balaban J connectivity index is 2.34. The molecule has 0 fully saturated rings. The predicted octanol–water partition coefficient (Wildman–Crippen LogP) is 3.25. The molecule has 0 aliphatic rings. The fourth-order valence-electron chi connectivity index (χ4n) is 2.31. The van der Waals surface area contributed by atoms with Gasteiger partial charge >= 0.3 is 0 Å². The number of hydrogen-bond donors (Lipinski definition) is 1. The molecule has 0 unspecified atom stereocenters. The summed E-state index contributed by atoms with van der Waals surface area (Å²) in [5, 5.41) is 15.3. The fourth-order valence-corrected chi connectivity index (χ4v) is 2.31. The third kappa shape index (κ3) is 1.56. The molecule has 0 atom stereocenters. The van der Waals surface area contributed by atoms with E-state index < -0.39 is 0 Å². The van der Waals surface area contributed by atoms with Crippen molar-refractivity contribution in [3.05, 3.63) is 48.2 Å². The molecule has 0 bridgehead atoms. The molecule has 90 valence electrons. The summed E-state index contributed by atoms with van der Waals surface area (Å²) in [7, 11) is 1.92. The molecule has 3 heteroatoms. The molecule has 1 N–H and O–H groups in total. The molecule has 2 aromatic carbocycles. The van der Waals surface area contributed by atoms with Gasteiger partial charge in [0.15, 0.2) is 0 Å². The maximum atomic E-state index is 9.82. The van der Waals surface area contributed by atoms with Crippen LogP contribution >= 0.6 is 0 Å². The summed E-state index contributed by atoms with van der Waals surface area (Å²) in [6.45, 7) is 1.93. The molecule has 3 nitrogen and oxygen atoms in total. The normalized spacial score (nSPS) is 11.0. The summed E-state index contributed by atoms with van der Waals surface area (Å²) in [5.74, 6) is 0.327. The van der Waals surface area contributed by atoms with Crippen LogP contribution in [0.4, 0.5) is 0 Å². The van der Waals surface area contributed by atoms with Crippen molar-refractivity contribution in [1.82, 2.24) is 9.78 Å².